The van der Waals surface area contributed by atoms with E-state index in [1.165, 1.54) is 12.1 Å². The summed E-state index contributed by atoms with van der Waals surface area (Å²) in [7, 11) is 0. The number of nitrogens with one attached hydrogen (secondary N) is 1. The Morgan fingerprint density at radius 1 is 0.952 bits per heavy atom. The lowest BCUT2D eigenvalue weighted by Gasteiger charge is -2.20. The Hall–Kier alpha value is -1.85. The largest absolute Gasteiger partial charge is 0.669 e. The van der Waals surface area contributed by atoms with Crippen molar-refractivity contribution < 1.29 is 17.9 Å². The van der Waals surface area contributed by atoms with Gasteiger partial charge in [0.1, 0.15) is 0 Å². The number of benzene rings is 2. The summed E-state index contributed by atoms with van der Waals surface area (Å²) in [6.07, 6.45) is -4.32. The van der Waals surface area contributed by atoms with E-state index in [1.54, 1.807) is 0 Å². The molecule has 2 aromatic carbocycles. The third-order valence-electron chi connectivity index (χ3n) is 3.04. The molecule has 2 rings (SSSR count). The van der Waals surface area contributed by atoms with Crippen molar-refractivity contribution in [3.05, 3.63) is 77.0 Å². The van der Waals surface area contributed by atoms with Gasteiger partial charge < -0.3 is 10.5 Å². The van der Waals surface area contributed by atoms with Crippen LogP contribution in [0.3, 0.4) is 0 Å². The summed E-state index contributed by atoms with van der Waals surface area (Å²) in [4.78, 5) is 0. The second-order valence-electron chi connectivity index (χ2n) is 4.67. The van der Waals surface area contributed by atoms with E-state index in [0.29, 0.717) is 5.56 Å². The molecule has 0 spiro atoms. The molecule has 0 saturated heterocycles. The highest BCUT2D eigenvalue weighted by atomic mass is 19.4. The lowest BCUT2D eigenvalue weighted by molar-refractivity contribution is -0.137. The number of rotatable bonds is 5. The molecule has 0 aliphatic carbocycles. The maximum absolute atomic E-state index is 12.4. The van der Waals surface area contributed by atoms with Crippen molar-refractivity contribution in [2.45, 2.75) is 18.8 Å². The van der Waals surface area contributed by atoms with Crippen molar-refractivity contribution in [2.24, 2.45) is 0 Å². The van der Waals surface area contributed by atoms with Crippen molar-refractivity contribution in [3.8, 4) is 0 Å². The Morgan fingerprint density at radius 3 is 2.14 bits per heavy atom. The zero-order chi connectivity index (χ0) is 15.3. The molecule has 0 saturated carbocycles. The van der Waals surface area contributed by atoms with E-state index in [0.717, 1.165) is 17.7 Å². The van der Waals surface area contributed by atoms with E-state index in [2.05, 4.69) is 0 Å². The Labute approximate surface area is 121 Å². The predicted molar refractivity (Wildman–Crippen MR) is 74.6 cm³/mol. The molecule has 112 valence electrons. The van der Waals surface area contributed by atoms with Crippen LogP contribution in [0.4, 0.5) is 13.2 Å². The fourth-order valence-electron chi connectivity index (χ4n) is 1.87. The first kappa shape index (κ1) is 15.5. The molecule has 1 unspecified atom stereocenters. The number of alkyl halides is 3. The summed E-state index contributed by atoms with van der Waals surface area (Å²) < 4.78 is 42.6. The highest BCUT2D eigenvalue weighted by Gasteiger charge is 2.29. The molecule has 0 amide bonds. The topological polar surface area (TPSA) is 33.0 Å². The zero-order valence-corrected chi connectivity index (χ0v) is 11.2. The Morgan fingerprint density at radius 2 is 1.57 bits per heavy atom. The minimum atomic E-state index is -4.32. The summed E-state index contributed by atoms with van der Waals surface area (Å²) >= 11 is 0. The van der Waals surface area contributed by atoms with Gasteiger partial charge in [-0.3, -0.25) is 0 Å². The zero-order valence-electron chi connectivity index (χ0n) is 11.2. The smallest absolute Gasteiger partial charge is 0.416 e. The van der Waals surface area contributed by atoms with E-state index in [-0.39, 0.29) is 13.2 Å². The van der Waals surface area contributed by atoms with Gasteiger partial charge in [0.05, 0.1) is 12.2 Å². The van der Waals surface area contributed by atoms with Crippen molar-refractivity contribution in [1.29, 1.82) is 0 Å². The minimum Gasteiger partial charge on any atom is -0.669 e. The highest BCUT2D eigenvalue weighted by Crippen LogP contribution is 2.29. The number of hydrogen-bond donors (Lipinski definition) is 0. The maximum atomic E-state index is 12.4. The third-order valence-corrected chi connectivity index (χ3v) is 3.04. The average molecular weight is 294 g/mol. The molecule has 2 aromatic rings. The third kappa shape index (κ3) is 4.58. The molecule has 0 aromatic heterocycles. The lowest BCUT2D eigenvalue weighted by atomic mass is 10.1. The standard InChI is InChI=1S/C16H15F3NO/c17-16(18,19)14-8-6-12(7-9-14)10-21-11-15(20)13-4-2-1-3-5-13/h1-9,15,20H,10-11H2/q-1. The normalized spacial score (nSPS) is 13.1. The van der Waals surface area contributed by atoms with Crippen LogP contribution in [0.2, 0.25) is 0 Å². The molecule has 0 aliphatic heterocycles. The van der Waals surface area contributed by atoms with Gasteiger partial charge in [-0.1, -0.05) is 54.1 Å². The molecule has 0 bridgehead atoms. The molecule has 0 heterocycles. The molecule has 1 N–H and O–H groups in total. The fourth-order valence-corrected chi connectivity index (χ4v) is 1.87. The van der Waals surface area contributed by atoms with Crippen molar-refractivity contribution >= 4 is 0 Å². The van der Waals surface area contributed by atoms with Crippen molar-refractivity contribution in [2.75, 3.05) is 6.61 Å². The molecule has 21 heavy (non-hydrogen) atoms. The first-order valence-corrected chi connectivity index (χ1v) is 6.47. The van der Waals surface area contributed by atoms with E-state index in [1.807, 2.05) is 30.3 Å². The van der Waals surface area contributed by atoms with E-state index >= 15 is 0 Å². The minimum absolute atomic E-state index is 0.195. The maximum Gasteiger partial charge on any atom is 0.416 e. The summed E-state index contributed by atoms with van der Waals surface area (Å²) in [5, 5.41) is 0. The van der Waals surface area contributed by atoms with Crippen molar-refractivity contribution in [1.82, 2.24) is 0 Å². The number of hydrogen-bond acceptors (Lipinski definition) is 1. The van der Waals surface area contributed by atoms with Crippen LogP contribution in [-0.4, -0.2) is 6.61 Å². The van der Waals surface area contributed by atoms with Gasteiger partial charge >= 0.3 is 6.18 Å². The van der Waals surface area contributed by atoms with Gasteiger partial charge in [0, 0.05) is 6.61 Å². The van der Waals surface area contributed by atoms with Gasteiger partial charge in [-0.2, -0.15) is 13.2 Å². The summed E-state index contributed by atoms with van der Waals surface area (Å²) in [6, 6.07) is 13.6. The molecule has 0 radical (unpaired) electrons. The Kier molecular flexibility index (Phi) is 4.98. The highest BCUT2D eigenvalue weighted by molar-refractivity contribution is 5.24. The van der Waals surface area contributed by atoms with Gasteiger partial charge in [-0.05, 0) is 17.7 Å². The summed E-state index contributed by atoms with van der Waals surface area (Å²) in [6.45, 7) is 0.394. The molecule has 2 nitrogen and oxygen atoms in total. The van der Waals surface area contributed by atoms with Crippen LogP contribution < -0.4 is 0 Å². The monoisotopic (exact) mass is 294 g/mol. The molecule has 0 fully saturated rings. The number of halogens is 3. The lowest BCUT2D eigenvalue weighted by Crippen LogP contribution is -2.06. The fraction of sp³-hybridized carbons (Fsp3) is 0.250. The van der Waals surface area contributed by atoms with Crippen molar-refractivity contribution in [3.63, 3.8) is 0 Å². The SMILES string of the molecule is [NH-]C(COCc1ccc(C(F)(F)F)cc1)c1ccccc1. The van der Waals surface area contributed by atoms with Crippen LogP contribution in [0.5, 0.6) is 0 Å². The van der Waals surface area contributed by atoms with E-state index in [4.69, 9.17) is 10.5 Å². The quantitative estimate of drug-likeness (QED) is 0.762. The van der Waals surface area contributed by atoms with E-state index in [9.17, 15) is 13.2 Å². The van der Waals surface area contributed by atoms with Gasteiger partial charge in [-0.15, -0.1) is 0 Å². The van der Waals surface area contributed by atoms with E-state index < -0.39 is 17.8 Å². The van der Waals surface area contributed by atoms with Crippen LogP contribution in [-0.2, 0) is 17.5 Å². The molecule has 5 heteroatoms. The molecule has 0 aliphatic rings. The second kappa shape index (κ2) is 6.74. The van der Waals surface area contributed by atoms with Gasteiger partial charge in [0.25, 0.3) is 0 Å². The van der Waals surface area contributed by atoms with Crippen LogP contribution in [0.15, 0.2) is 54.6 Å². The Bertz CT molecular complexity index is 552. The average Bonchev–Trinajstić information content (AvgIpc) is 2.47. The summed E-state index contributed by atoms with van der Waals surface area (Å²) in [5.74, 6) is 0. The van der Waals surface area contributed by atoms with Gasteiger partial charge in [-0.25, -0.2) is 0 Å². The second-order valence-corrected chi connectivity index (χ2v) is 4.67. The van der Waals surface area contributed by atoms with Gasteiger partial charge in [0.2, 0.25) is 0 Å². The Balaban J connectivity index is 1.84. The van der Waals surface area contributed by atoms with Gasteiger partial charge in [0.15, 0.2) is 0 Å². The van der Waals surface area contributed by atoms with Crippen LogP contribution >= 0.6 is 0 Å². The van der Waals surface area contributed by atoms with Crippen LogP contribution in [0.1, 0.15) is 22.7 Å². The van der Waals surface area contributed by atoms with Crippen LogP contribution in [0, 0.1) is 0 Å². The predicted octanol–water partition coefficient (Wildman–Crippen LogP) is 5.02. The summed E-state index contributed by atoms with van der Waals surface area (Å²) in [5.41, 5.74) is 8.76. The molecular formula is C16H15F3NO-. The molecule has 1 atom stereocenters. The first-order valence-electron chi connectivity index (χ1n) is 6.47. The molecular weight excluding hydrogens is 279 g/mol. The van der Waals surface area contributed by atoms with Crippen LogP contribution in [0.25, 0.3) is 5.73 Å². The number of ether oxygens (including phenoxy) is 1. The first-order chi connectivity index (χ1) is 9.97.